The van der Waals surface area contributed by atoms with E-state index in [1.807, 2.05) is 6.92 Å². The second kappa shape index (κ2) is 8.74. The Labute approximate surface area is 162 Å². The Kier molecular flexibility index (Phi) is 6.13. The van der Waals surface area contributed by atoms with Gasteiger partial charge in [-0.05, 0) is 71.6 Å². The normalized spacial score (nSPS) is 23.3. The largest absolute Gasteiger partial charge is 0.445 e. The maximum Gasteiger partial charge on any atom is 0.273 e. The van der Waals surface area contributed by atoms with Crippen molar-refractivity contribution in [3.05, 3.63) is 17.3 Å². The van der Waals surface area contributed by atoms with Crippen molar-refractivity contribution in [1.82, 2.24) is 20.1 Å². The van der Waals surface area contributed by atoms with Crippen molar-refractivity contribution < 1.29 is 9.21 Å². The topological polar surface area (TPSA) is 61.6 Å². The van der Waals surface area contributed by atoms with Crippen LogP contribution in [0.1, 0.15) is 79.4 Å². The highest BCUT2D eigenvalue weighted by Crippen LogP contribution is 2.36. The third kappa shape index (κ3) is 4.54. The zero-order valence-corrected chi connectivity index (χ0v) is 16.7. The van der Waals surface area contributed by atoms with Crippen molar-refractivity contribution in [3.63, 3.8) is 0 Å². The molecule has 0 radical (unpaired) electrons. The predicted octanol–water partition coefficient (Wildman–Crippen LogP) is 2.93. The number of nitrogens with one attached hydrogen (secondary N) is 1. The first-order chi connectivity index (χ1) is 13.2. The average Bonchev–Trinajstić information content (AvgIpc) is 3.02. The van der Waals surface area contributed by atoms with Gasteiger partial charge in [0.15, 0.2) is 11.6 Å². The van der Waals surface area contributed by atoms with Crippen molar-refractivity contribution in [1.29, 1.82) is 0 Å². The lowest BCUT2D eigenvalue weighted by Gasteiger charge is -2.40. The molecule has 0 atom stereocenters. The van der Waals surface area contributed by atoms with Crippen LogP contribution in [-0.2, 0) is 0 Å². The fourth-order valence-electron chi connectivity index (χ4n) is 4.66. The van der Waals surface area contributed by atoms with Crippen molar-refractivity contribution >= 4 is 5.91 Å². The standard InChI is InChI=1S/C21H34N4O2/c1-16-19(23-21(27-16)17-6-5-7-17)20(26)22-10-15-24-13-8-18(9-14-24)25-11-3-2-4-12-25/h17-18H,2-15H2,1H3,(H,22,26). The molecule has 6 heteroatoms. The maximum absolute atomic E-state index is 12.4. The number of hydrogen-bond donors (Lipinski definition) is 1. The van der Waals surface area contributed by atoms with E-state index in [0.717, 1.165) is 44.4 Å². The van der Waals surface area contributed by atoms with Crippen molar-refractivity contribution in [2.75, 3.05) is 39.3 Å². The highest BCUT2D eigenvalue weighted by atomic mass is 16.4. The van der Waals surface area contributed by atoms with Gasteiger partial charge < -0.3 is 19.5 Å². The molecule has 1 aromatic heterocycles. The number of likely N-dealkylation sites (tertiary alicyclic amines) is 2. The van der Waals surface area contributed by atoms with Crippen LogP contribution >= 0.6 is 0 Å². The van der Waals surface area contributed by atoms with Crippen LogP contribution in [0.2, 0.25) is 0 Å². The quantitative estimate of drug-likeness (QED) is 0.829. The van der Waals surface area contributed by atoms with Crippen LogP contribution < -0.4 is 5.32 Å². The van der Waals surface area contributed by atoms with E-state index < -0.39 is 0 Å². The third-order valence-corrected chi connectivity index (χ3v) is 6.66. The van der Waals surface area contributed by atoms with Crippen LogP contribution in [-0.4, -0.2) is 66.0 Å². The SMILES string of the molecule is Cc1oc(C2CCC2)nc1C(=O)NCCN1CCC(N2CCCCC2)CC1. The number of rotatable bonds is 6. The summed E-state index contributed by atoms with van der Waals surface area (Å²) >= 11 is 0. The number of nitrogens with zero attached hydrogens (tertiary/aromatic N) is 3. The van der Waals surface area contributed by atoms with Gasteiger partial charge in [0, 0.05) is 25.0 Å². The summed E-state index contributed by atoms with van der Waals surface area (Å²) in [6.07, 6.45) is 10.2. The van der Waals surface area contributed by atoms with Gasteiger partial charge in [-0.15, -0.1) is 0 Å². The van der Waals surface area contributed by atoms with E-state index in [2.05, 4.69) is 20.1 Å². The first-order valence-electron chi connectivity index (χ1n) is 10.9. The van der Waals surface area contributed by atoms with Gasteiger partial charge in [0.25, 0.3) is 5.91 Å². The van der Waals surface area contributed by atoms with Crippen LogP contribution in [0, 0.1) is 6.92 Å². The molecule has 2 aliphatic heterocycles. The summed E-state index contributed by atoms with van der Waals surface area (Å²) in [7, 11) is 0. The highest BCUT2D eigenvalue weighted by molar-refractivity contribution is 5.93. The lowest BCUT2D eigenvalue weighted by atomic mass is 9.85. The zero-order chi connectivity index (χ0) is 18.6. The summed E-state index contributed by atoms with van der Waals surface area (Å²) in [5.74, 6) is 1.73. The van der Waals surface area contributed by atoms with Crippen molar-refractivity contribution in [2.45, 2.75) is 70.3 Å². The van der Waals surface area contributed by atoms with E-state index in [1.54, 1.807) is 0 Å². The van der Waals surface area contributed by atoms with Gasteiger partial charge in [0.05, 0.1) is 0 Å². The fourth-order valence-corrected chi connectivity index (χ4v) is 4.66. The molecule has 1 N–H and O–H groups in total. The maximum atomic E-state index is 12.4. The number of aryl methyl sites for hydroxylation is 1. The molecule has 3 aliphatic rings. The molecule has 3 heterocycles. The molecule has 0 spiro atoms. The summed E-state index contributed by atoms with van der Waals surface area (Å²) in [5, 5.41) is 3.04. The molecule has 6 nitrogen and oxygen atoms in total. The second-order valence-corrected chi connectivity index (χ2v) is 8.51. The number of carbonyl (C=O) groups excluding carboxylic acids is 1. The van der Waals surface area contributed by atoms with Gasteiger partial charge in [-0.3, -0.25) is 4.79 Å². The first-order valence-corrected chi connectivity index (χ1v) is 10.9. The molecule has 0 unspecified atom stereocenters. The molecule has 1 aliphatic carbocycles. The van der Waals surface area contributed by atoms with Crippen LogP contribution in [0.3, 0.4) is 0 Å². The molecule has 0 bridgehead atoms. The average molecular weight is 375 g/mol. The third-order valence-electron chi connectivity index (χ3n) is 6.66. The van der Waals surface area contributed by atoms with Crippen molar-refractivity contribution in [2.24, 2.45) is 0 Å². The van der Waals surface area contributed by atoms with E-state index in [9.17, 15) is 4.79 Å². The number of hydrogen-bond acceptors (Lipinski definition) is 5. The van der Waals surface area contributed by atoms with E-state index in [-0.39, 0.29) is 5.91 Å². The molecule has 2 saturated heterocycles. The van der Waals surface area contributed by atoms with Crippen LogP contribution in [0.4, 0.5) is 0 Å². The molecule has 1 amide bonds. The number of aromatic nitrogens is 1. The summed E-state index contributed by atoms with van der Waals surface area (Å²) < 4.78 is 5.72. The molecule has 27 heavy (non-hydrogen) atoms. The molecule has 1 saturated carbocycles. The molecular formula is C21H34N4O2. The Hall–Kier alpha value is -1.40. The summed E-state index contributed by atoms with van der Waals surface area (Å²) in [5.41, 5.74) is 0.473. The van der Waals surface area contributed by atoms with E-state index >= 15 is 0 Å². The van der Waals surface area contributed by atoms with E-state index in [0.29, 0.717) is 23.9 Å². The fraction of sp³-hybridized carbons (Fsp3) is 0.810. The number of piperidine rings is 2. The number of amides is 1. The molecule has 3 fully saturated rings. The Bertz CT molecular complexity index is 626. The molecule has 150 valence electrons. The minimum Gasteiger partial charge on any atom is -0.445 e. The van der Waals surface area contributed by atoms with Gasteiger partial charge in [-0.25, -0.2) is 4.98 Å². The smallest absolute Gasteiger partial charge is 0.273 e. The van der Waals surface area contributed by atoms with Gasteiger partial charge >= 0.3 is 0 Å². The summed E-state index contributed by atoms with van der Waals surface area (Å²) in [4.78, 5) is 22.1. The lowest BCUT2D eigenvalue weighted by molar-refractivity contribution is 0.0878. The van der Waals surface area contributed by atoms with E-state index in [1.165, 1.54) is 51.6 Å². The van der Waals surface area contributed by atoms with Crippen LogP contribution in [0.15, 0.2) is 4.42 Å². The molecule has 1 aromatic rings. The minimum absolute atomic E-state index is 0.0926. The highest BCUT2D eigenvalue weighted by Gasteiger charge is 2.28. The Balaban J connectivity index is 1.18. The van der Waals surface area contributed by atoms with Gasteiger partial charge in [-0.2, -0.15) is 0 Å². The summed E-state index contributed by atoms with van der Waals surface area (Å²) in [6, 6.07) is 0.777. The predicted molar refractivity (Wildman–Crippen MR) is 105 cm³/mol. The molecular weight excluding hydrogens is 340 g/mol. The molecule has 0 aromatic carbocycles. The van der Waals surface area contributed by atoms with Gasteiger partial charge in [0.1, 0.15) is 5.76 Å². The number of carbonyl (C=O) groups is 1. The summed E-state index contributed by atoms with van der Waals surface area (Å²) in [6.45, 7) is 8.32. The monoisotopic (exact) mass is 374 g/mol. The Morgan fingerprint density at radius 3 is 2.48 bits per heavy atom. The van der Waals surface area contributed by atoms with Crippen molar-refractivity contribution in [3.8, 4) is 0 Å². The zero-order valence-electron chi connectivity index (χ0n) is 16.7. The minimum atomic E-state index is -0.0926. The van der Waals surface area contributed by atoms with E-state index in [4.69, 9.17) is 4.42 Å². The van der Waals surface area contributed by atoms with Crippen LogP contribution in [0.5, 0.6) is 0 Å². The Morgan fingerprint density at radius 2 is 1.81 bits per heavy atom. The lowest BCUT2D eigenvalue weighted by Crippen LogP contribution is -2.48. The van der Waals surface area contributed by atoms with Gasteiger partial charge in [0.2, 0.25) is 0 Å². The Morgan fingerprint density at radius 1 is 1.07 bits per heavy atom. The molecule has 4 rings (SSSR count). The first kappa shape index (κ1) is 18.9. The second-order valence-electron chi connectivity index (χ2n) is 8.51. The number of oxazole rings is 1. The van der Waals surface area contributed by atoms with Crippen LogP contribution in [0.25, 0.3) is 0 Å². The van der Waals surface area contributed by atoms with Gasteiger partial charge in [-0.1, -0.05) is 12.8 Å².